The maximum absolute atomic E-state index is 13.0. The molecule has 0 aromatic heterocycles. The first-order valence-corrected chi connectivity index (χ1v) is 6.60. The number of hydrogen-bond acceptors (Lipinski definition) is 2. The van der Waals surface area contributed by atoms with Crippen LogP contribution in [0.1, 0.15) is 57.6 Å². The molecule has 0 unspecified atom stereocenters. The molecule has 0 bridgehead atoms. The smallest absolute Gasteiger partial charge is 0.445 e. The minimum atomic E-state index is -5.08. The van der Waals surface area contributed by atoms with Gasteiger partial charge in [-0.05, 0) is 23.0 Å². The van der Waals surface area contributed by atoms with Crippen LogP contribution in [0.15, 0.2) is 12.1 Å². The van der Waals surface area contributed by atoms with Crippen molar-refractivity contribution in [3.8, 4) is 5.75 Å². The number of benzene rings is 1. The zero-order chi connectivity index (χ0) is 15.7. The Bertz CT molecular complexity index is 484. The van der Waals surface area contributed by atoms with Crippen molar-refractivity contribution < 1.29 is 73.9 Å². The molecule has 1 aromatic carbocycles. The third kappa shape index (κ3) is 5.71. The molecule has 0 radical (unpaired) electrons. The van der Waals surface area contributed by atoms with Crippen LogP contribution in [0.5, 0.6) is 5.75 Å². The Hall–Kier alpha value is 0.181. The number of carbonyl (C=O) groups is 1. The number of carbonyl (C=O) groups excluding carboxylic acids is 1. The number of ether oxygens (including phenoxy) is 1. The van der Waals surface area contributed by atoms with Crippen LogP contribution >= 0.6 is 0 Å². The third-order valence-corrected chi connectivity index (χ3v) is 3.04. The fraction of sp³-hybridized carbons (Fsp3) is 0.500. The molecule has 21 heavy (non-hydrogen) atoms. The molecular formula is C14H19BF3KO2. The first-order chi connectivity index (χ1) is 9.04. The van der Waals surface area contributed by atoms with Gasteiger partial charge in [-0.25, -0.2) is 0 Å². The van der Waals surface area contributed by atoms with Crippen molar-refractivity contribution in [2.45, 2.75) is 46.5 Å². The fourth-order valence-electron chi connectivity index (χ4n) is 2.01. The molecule has 1 aromatic rings. The number of halogens is 3. The minimum Gasteiger partial charge on any atom is -0.445 e. The number of hydrogen-bond donors (Lipinski definition) is 0. The quantitative estimate of drug-likeness (QED) is 0.467. The van der Waals surface area contributed by atoms with Gasteiger partial charge in [-0.15, -0.1) is 5.46 Å². The molecule has 0 spiro atoms. The Kier molecular flexibility index (Phi) is 8.22. The van der Waals surface area contributed by atoms with Gasteiger partial charge in [0, 0.05) is 6.92 Å². The van der Waals surface area contributed by atoms with Gasteiger partial charge in [0.25, 0.3) is 0 Å². The average molecular weight is 326 g/mol. The predicted octanol–water partition coefficient (Wildman–Crippen LogP) is 0.917. The van der Waals surface area contributed by atoms with Gasteiger partial charge in [-0.3, -0.25) is 4.79 Å². The molecule has 0 saturated heterocycles. The largest absolute Gasteiger partial charge is 1.00 e. The van der Waals surface area contributed by atoms with Gasteiger partial charge in [0.1, 0.15) is 5.75 Å². The number of rotatable bonds is 4. The van der Waals surface area contributed by atoms with E-state index in [4.69, 9.17) is 4.74 Å². The van der Waals surface area contributed by atoms with Crippen LogP contribution in [-0.2, 0) is 4.79 Å². The molecular weight excluding hydrogens is 307 g/mol. The van der Waals surface area contributed by atoms with Crippen LogP contribution in [0.3, 0.4) is 0 Å². The summed E-state index contributed by atoms with van der Waals surface area (Å²) in [6.45, 7) is 3.28. The van der Waals surface area contributed by atoms with Crippen molar-refractivity contribution in [3.63, 3.8) is 0 Å². The average Bonchev–Trinajstić information content (AvgIpc) is 2.25. The van der Waals surface area contributed by atoms with E-state index in [1.807, 2.05) is 0 Å². The number of esters is 1. The topological polar surface area (TPSA) is 26.3 Å². The summed E-state index contributed by atoms with van der Waals surface area (Å²) in [6, 6.07) is 2.18. The minimum absolute atomic E-state index is 0. The van der Waals surface area contributed by atoms with Crippen LogP contribution in [0.4, 0.5) is 12.9 Å². The molecule has 0 aliphatic heterocycles. The Morgan fingerprint density at radius 1 is 1.05 bits per heavy atom. The van der Waals surface area contributed by atoms with Crippen molar-refractivity contribution in [2.75, 3.05) is 0 Å². The maximum atomic E-state index is 13.0. The Morgan fingerprint density at radius 3 is 1.67 bits per heavy atom. The second kappa shape index (κ2) is 8.15. The van der Waals surface area contributed by atoms with E-state index >= 15 is 0 Å². The standard InChI is InChI=1S/C14H19BF3O2.K/c1-8(2)12-6-11(15(16,17)18)7-13(9(3)4)14(12)20-10(5)19;/h6-9H,1-5H3;/q-1;+1. The van der Waals surface area contributed by atoms with Gasteiger partial charge in [0.05, 0.1) is 0 Å². The molecule has 2 nitrogen and oxygen atoms in total. The first-order valence-electron chi connectivity index (χ1n) is 6.60. The van der Waals surface area contributed by atoms with E-state index in [0.29, 0.717) is 11.1 Å². The van der Waals surface area contributed by atoms with Gasteiger partial charge in [0.15, 0.2) is 0 Å². The van der Waals surface area contributed by atoms with Crippen molar-refractivity contribution in [1.29, 1.82) is 0 Å². The van der Waals surface area contributed by atoms with Gasteiger partial charge < -0.3 is 17.7 Å². The summed E-state index contributed by atoms with van der Waals surface area (Å²) < 4.78 is 44.2. The third-order valence-electron chi connectivity index (χ3n) is 3.04. The summed E-state index contributed by atoms with van der Waals surface area (Å²) in [7, 11) is 0. The van der Waals surface area contributed by atoms with E-state index in [0.717, 1.165) is 12.1 Å². The van der Waals surface area contributed by atoms with Gasteiger partial charge in [-0.1, -0.05) is 39.8 Å². The predicted molar refractivity (Wildman–Crippen MR) is 74.6 cm³/mol. The Balaban J connectivity index is 0.00000400. The van der Waals surface area contributed by atoms with E-state index in [1.54, 1.807) is 27.7 Å². The summed E-state index contributed by atoms with van der Waals surface area (Å²) in [6.07, 6.45) is 0. The van der Waals surface area contributed by atoms with E-state index in [9.17, 15) is 17.7 Å². The van der Waals surface area contributed by atoms with Crippen LogP contribution in [0.25, 0.3) is 0 Å². The van der Waals surface area contributed by atoms with Crippen LogP contribution < -0.4 is 61.6 Å². The maximum Gasteiger partial charge on any atom is 1.00 e. The molecule has 0 heterocycles. The van der Waals surface area contributed by atoms with Gasteiger partial charge in [-0.2, -0.15) is 0 Å². The molecule has 0 N–H and O–H groups in total. The summed E-state index contributed by atoms with van der Waals surface area (Å²) in [5, 5.41) is 0. The normalized spacial score (nSPS) is 11.5. The molecule has 0 aliphatic rings. The van der Waals surface area contributed by atoms with E-state index in [2.05, 4.69) is 0 Å². The van der Waals surface area contributed by atoms with Crippen LogP contribution in [-0.4, -0.2) is 12.9 Å². The summed E-state index contributed by atoms with van der Waals surface area (Å²) in [5.74, 6) is -0.592. The van der Waals surface area contributed by atoms with Crippen molar-refractivity contribution in [3.05, 3.63) is 23.3 Å². The second-order valence-electron chi connectivity index (χ2n) is 5.51. The van der Waals surface area contributed by atoms with Crippen molar-refractivity contribution >= 4 is 18.4 Å². The molecule has 7 heteroatoms. The monoisotopic (exact) mass is 326 g/mol. The molecule has 0 saturated carbocycles. The fourth-order valence-corrected chi connectivity index (χ4v) is 2.01. The van der Waals surface area contributed by atoms with Crippen molar-refractivity contribution in [2.24, 2.45) is 0 Å². The zero-order valence-corrected chi connectivity index (χ0v) is 16.5. The molecule has 112 valence electrons. The molecule has 0 fully saturated rings. The SMILES string of the molecule is CC(=O)Oc1c(C(C)C)cc([B-](F)(F)F)cc1C(C)C.[K+]. The molecule has 0 atom stereocenters. The Labute approximate surface area is 166 Å². The summed E-state index contributed by atoms with van der Waals surface area (Å²) in [4.78, 5) is 11.2. The summed E-state index contributed by atoms with van der Waals surface area (Å²) >= 11 is 0. The summed E-state index contributed by atoms with van der Waals surface area (Å²) in [5.41, 5.74) is 0.189. The van der Waals surface area contributed by atoms with Crippen LogP contribution in [0.2, 0.25) is 0 Å². The van der Waals surface area contributed by atoms with Crippen molar-refractivity contribution in [1.82, 2.24) is 0 Å². The van der Waals surface area contributed by atoms with E-state index < -0.39 is 18.4 Å². The van der Waals surface area contributed by atoms with E-state index in [1.165, 1.54) is 6.92 Å². The van der Waals surface area contributed by atoms with Gasteiger partial charge in [0.2, 0.25) is 0 Å². The second-order valence-corrected chi connectivity index (χ2v) is 5.51. The molecule has 1 rings (SSSR count). The van der Waals surface area contributed by atoms with Crippen LogP contribution in [0, 0.1) is 0 Å². The first kappa shape index (κ1) is 21.2. The van der Waals surface area contributed by atoms with Gasteiger partial charge >= 0.3 is 64.3 Å². The molecule has 0 aliphatic carbocycles. The molecule has 0 amide bonds. The zero-order valence-electron chi connectivity index (χ0n) is 13.3. The van der Waals surface area contributed by atoms with E-state index in [-0.39, 0.29) is 69.0 Å². The Morgan fingerprint density at radius 2 is 1.43 bits per heavy atom.